The van der Waals surface area contributed by atoms with Crippen molar-refractivity contribution in [1.29, 1.82) is 0 Å². The fourth-order valence-electron chi connectivity index (χ4n) is 3.02. The summed E-state index contributed by atoms with van der Waals surface area (Å²) in [7, 11) is 0. The van der Waals surface area contributed by atoms with Crippen molar-refractivity contribution in [2.24, 2.45) is 0 Å². The van der Waals surface area contributed by atoms with E-state index in [1.54, 1.807) is 12.4 Å². The minimum Gasteiger partial charge on any atom is -0.339 e. The number of likely N-dealkylation sites (tertiary alicyclic amines) is 1. The van der Waals surface area contributed by atoms with E-state index in [0.29, 0.717) is 31.2 Å². The monoisotopic (exact) mass is 334 g/mol. The van der Waals surface area contributed by atoms with Crippen LogP contribution in [0.4, 0.5) is 0 Å². The molecule has 0 saturated carbocycles. The SMILES string of the molecule is Cc1ccc(CN2CC(c3nc(-c4cccnc4)no3)CC2=O)cc1. The van der Waals surface area contributed by atoms with Crippen molar-refractivity contribution >= 4 is 5.91 Å². The van der Waals surface area contributed by atoms with Gasteiger partial charge in [-0.1, -0.05) is 35.0 Å². The molecule has 2 aromatic heterocycles. The third kappa shape index (κ3) is 3.28. The molecule has 1 amide bonds. The molecule has 0 N–H and O–H groups in total. The van der Waals surface area contributed by atoms with Crippen LogP contribution in [0.3, 0.4) is 0 Å². The molecule has 1 saturated heterocycles. The number of amides is 1. The third-order valence-electron chi connectivity index (χ3n) is 4.42. The van der Waals surface area contributed by atoms with Crippen molar-refractivity contribution in [2.75, 3.05) is 6.54 Å². The largest absolute Gasteiger partial charge is 0.339 e. The number of hydrogen-bond donors (Lipinski definition) is 0. The Balaban J connectivity index is 1.47. The van der Waals surface area contributed by atoms with E-state index in [0.717, 1.165) is 11.1 Å². The van der Waals surface area contributed by atoms with Gasteiger partial charge in [0.1, 0.15) is 0 Å². The zero-order chi connectivity index (χ0) is 17.2. The predicted octanol–water partition coefficient (Wildman–Crippen LogP) is 2.96. The predicted molar refractivity (Wildman–Crippen MR) is 91.5 cm³/mol. The molecule has 3 heterocycles. The zero-order valence-corrected chi connectivity index (χ0v) is 13.9. The molecule has 0 aliphatic carbocycles. The van der Waals surface area contributed by atoms with Crippen molar-refractivity contribution in [1.82, 2.24) is 20.0 Å². The summed E-state index contributed by atoms with van der Waals surface area (Å²) in [5.74, 6) is 1.08. The molecule has 0 bridgehead atoms. The molecule has 1 aliphatic rings. The molecule has 6 heteroatoms. The van der Waals surface area contributed by atoms with E-state index in [1.165, 1.54) is 5.56 Å². The minimum atomic E-state index is -0.0594. The summed E-state index contributed by atoms with van der Waals surface area (Å²) < 4.78 is 5.40. The summed E-state index contributed by atoms with van der Waals surface area (Å²) in [6.45, 7) is 3.26. The van der Waals surface area contributed by atoms with Crippen LogP contribution in [0.2, 0.25) is 0 Å². The summed E-state index contributed by atoms with van der Waals surface area (Å²) in [6, 6.07) is 11.9. The summed E-state index contributed by atoms with van der Waals surface area (Å²) in [5.41, 5.74) is 3.14. The topological polar surface area (TPSA) is 72.1 Å². The second-order valence-electron chi connectivity index (χ2n) is 6.36. The highest BCUT2D eigenvalue weighted by Crippen LogP contribution is 2.29. The summed E-state index contributed by atoms with van der Waals surface area (Å²) in [4.78, 5) is 22.7. The Morgan fingerprint density at radius 2 is 2.08 bits per heavy atom. The number of carbonyl (C=O) groups excluding carboxylic acids is 1. The van der Waals surface area contributed by atoms with Gasteiger partial charge in [0.05, 0.1) is 5.92 Å². The standard InChI is InChI=1S/C19H18N4O2/c1-13-4-6-14(7-5-13)11-23-12-16(9-17(23)24)19-21-18(22-25-19)15-3-2-8-20-10-15/h2-8,10,16H,9,11-12H2,1H3. The summed E-state index contributed by atoms with van der Waals surface area (Å²) >= 11 is 0. The number of nitrogens with zero attached hydrogens (tertiary/aromatic N) is 4. The number of aryl methyl sites for hydroxylation is 1. The van der Waals surface area contributed by atoms with Gasteiger partial charge in [-0.05, 0) is 24.6 Å². The molecular formula is C19H18N4O2. The first kappa shape index (κ1) is 15.5. The fourth-order valence-corrected chi connectivity index (χ4v) is 3.02. The molecule has 0 radical (unpaired) electrons. The number of hydrogen-bond acceptors (Lipinski definition) is 5. The molecule has 3 aromatic rings. The van der Waals surface area contributed by atoms with Gasteiger partial charge in [0, 0.05) is 37.5 Å². The van der Waals surface area contributed by atoms with Gasteiger partial charge in [0.15, 0.2) is 0 Å². The molecular weight excluding hydrogens is 316 g/mol. The lowest BCUT2D eigenvalue weighted by atomic mass is 10.1. The molecule has 25 heavy (non-hydrogen) atoms. The van der Waals surface area contributed by atoms with Crippen LogP contribution in [0.5, 0.6) is 0 Å². The molecule has 6 nitrogen and oxygen atoms in total. The van der Waals surface area contributed by atoms with Crippen molar-refractivity contribution in [3.05, 3.63) is 65.8 Å². The van der Waals surface area contributed by atoms with Crippen LogP contribution in [0.15, 0.2) is 53.3 Å². The number of rotatable bonds is 4. The first-order valence-corrected chi connectivity index (χ1v) is 8.26. The highest BCUT2D eigenvalue weighted by molar-refractivity contribution is 5.79. The van der Waals surface area contributed by atoms with E-state index in [-0.39, 0.29) is 11.8 Å². The Labute approximate surface area is 145 Å². The Morgan fingerprint density at radius 3 is 2.84 bits per heavy atom. The first-order valence-electron chi connectivity index (χ1n) is 8.26. The van der Waals surface area contributed by atoms with Crippen molar-refractivity contribution in [2.45, 2.75) is 25.8 Å². The van der Waals surface area contributed by atoms with Crippen molar-refractivity contribution in [3.63, 3.8) is 0 Å². The highest BCUT2D eigenvalue weighted by atomic mass is 16.5. The van der Waals surface area contributed by atoms with E-state index in [4.69, 9.17) is 4.52 Å². The van der Waals surface area contributed by atoms with Crippen molar-refractivity contribution < 1.29 is 9.32 Å². The fraction of sp³-hybridized carbons (Fsp3) is 0.263. The number of benzene rings is 1. The summed E-state index contributed by atoms with van der Waals surface area (Å²) in [5, 5.41) is 4.02. The van der Waals surface area contributed by atoms with Gasteiger partial charge in [-0.15, -0.1) is 0 Å². The van der Waals surface area contributed by atoms with Crippen LogP contribution in [0.1, 0.15) is 29.4 Å². The van der Waals surface area contributed by atoms with E-state index in [1.807, 2.05) is 17.0 Å². The molecule has 0 spiro atoms. The lowest BCUT2D eigenvalue weighted by molar-refractivity contribution is -0.128. The Bertz CT molecular complexity index is 874. The van der Waals surface area contributed by atoms with Crippen LogP contribution in [0.25, 0.3) is 11.4 Å². The van der Waals surface area contributed by atoms with Gasteiger partial charge >= 0.3 is 0 Å². The van der Waals surface area contributed by atoms with Gasteiger partial charge < -0.3 is 9.42 Å². The average Bonchev–Trinajstić information content (AvgIpc) is 3.25. The van der Waals surface area contributed by atoms with E-state index < -0.39 is 0 Å². The second kappa shape index (κ2) is 6.47. The van der Waals surface area contributed by atoms with Crippen LogP contribution in [0, 0.1) is 6.92 Å². The van der Waals surface area contributed by atoms with Gasteiger partial charge in [0.2, 0.25) is 17.6 Å². The van der Waals surface area contributed by atoms with Crippen LogP contribution in [-0.2, 0) is 11.3 Å². The lowest BCUT2D eigenvalue weighted by Crippen LogP contribution is -2.24. The molecule has 1 aliphatic heterocycles. The van der Waals surface area contributed by atoms with Crippen LogP contribution < -0.4 is 0 Å². The first-order chi connectivity index (χ1) is 12.2. The van der Waals surface area contributed by atoms with Gasteiger partial charge in [0.25, 0.3) is 0 Å². The minimum absolute atomic E-state index is 0.0594. The van der Waals surface area contributed by atoms with E-state index in [9.17, 15) is 4.79 Å². The average molecular weight is 334 g/mol. The molecule has 1 atom stereocenters. The van der Waals surface area contributed by atoms with Gasteiger partial charge in [-0.2, -0.15) is 4.98 Å². The van der Waals surface area contributed by atoms with Crippen LogP contribution in [-0.4, -0.2) is 32.5 Å². The second-order valence-corrected chi connectivity index (χ2v) is 6.36. The maximum absolute atomic E-state index is 12.3. The number of pyridine rings is 1. The Kier molecular flexibility index (Phi) is 4.01. The maximum Gasteiger partial charge on any atom is 0.232 e. The molecule has 1 aromatic carbocycles. The lowest BCUT2D eigenvalue weighted by Gasteiger charge is -2.16. The highest BCUT2D eigenvalue weighted by Gasteiger charge is 2.34. The molecule has 1 unspecified atom stereocenters. The molecule has 4 rings (SSSR count). The van der Waals surface area contributed by atoms with Gasteiger partial charge in [-0.25, -0.2) is 0 Å². The normalized spacial score (nSPS) is 17.2. The quantitative estimate of drug-likeness (QED) is 0.733. The zero-order valence-electron chi connectivity index (χ0n) is 13.9. The third-order valence-corrected chi connectivity index (χ3v) is 4.42. The van der Waals surface area contributed by atoms with E-state index in [2.05, 4.69) is 46.3 Å². The Morgan fingerprint density at radius 1 is 1.24 bits per heavy atom. The Hall–Kier alpha value is -3.02. The summed E-state index contributed by atoms with van der Waals surface area (Å²) in [6.07, 6.45) is 3.79. The van der Waals surface area contributed by atoms with E-state index >= 15 is 0 Å². The maximum atomic E-state index is 12.3. The molecule has 126 valence electrons. The van der Waals surface area contributed by atoms with Crippen LogP contribution >= 0.6 is 0 Å². The van der Waals surface area contributed by atoms with Crippen molar-refractivity contribution in [3.8, 4) is 11.4 Å². The number of carbonyl (C=O) groups is 1. The smallest absolute Gasteiger partial charge is 0.232 e. The molecule has 1 fully saturated rings. The van der Waals surface area contributed by atoms with Gasteiger partial charge in [-0.3, -0.25) is 9.78 Å². The number of aromatic nitrogens is 3.